The number of nitrogens with one attached hydrogen (secondary N) is 1. The summed E-state index contributed by atoms with van der Waals surface area (Å²) >= 11 is 1.37. The SMILES string of the molecule is C[C@H](Sc1nnc(-c2ccco2)n1C1CCCCC1)C(=O)Nc1ccc(F)cc1. The maximum Gasteiger partial charge on any atom is 0.237 e. The predicted octanol–water partition coefficient (Wildman–Crippen LogP) is 5.30. The van der Waals surface area contributed by atoms with E-state index in [9.17, 15) is 9.18 Å². The molecule has 1 aliphatic rings. The zero-order valence-electron chi connectivity index (χ0n) is 16.2. The van der Waals surface area contributed by atoms with Gasteiger partial charge in [-0.1, -0.05) is 31.0 Å². The molecular weight excluding hydrogens is 391 g/mol. The number of thioether (sulfide) groups is 1. The second-order valence-electron chi connectivity index (χ2n) is 7.20. The average molecular weight is 415 g/mol. The molecule has 2 aromatic heterocycles. The second-order valence-corrected chi connectivity index (χ2v) is 8.51. The number of carbonyl (C=O) groups excluding carboxylic acids is 1. The minimum absolute atomic E-state index is 0.167. The van der Waals surface area contributed by atoms with Crippen molar-refractivity contribution in [1.29, 1.82) is 0 Å². The molecule has 1 amide bonds. The molecule has 0 bridgehead atoms. The monoisotopic (exact) mass is 414 g/mol. The van der Waals surface area contributed by atoms with Gasteiger partial charge in [-0.25, -0.2) is 4.39 Å². The Balaban J connectivity index is 1.54. The zero-order valence-corrected chi connectivity index (χ0v) is 17.0. The number of halogens is 1. The number of furan rings is 1. The first kappa shape index (κ1) is 19.7. The molecule has 1 aliphatic carbocycles. The molecule has 6 nitrogen and oxygen atoms in total. The van der Waals surface area contributed by atoms with E-state index in [1.54, 1.807) is 18.4 Å². The van der Waals surface area contributed by atoms with Crippen LogP contribution in [0.15, 0.2) is 52.2 Å². The van der Waals surface area contributed by atoms with Gasteiger partial charge in [-0.2, -0.15) is 0 Å². The number of anilines is 1. The highest BCUT2D eigenvalue weighted by Gasteiger charge is 2.27. The number of hydrogen-bond donors (Lipinski definition) is 1. The van der Waals surface area contributed by atoms with Crippen LogP contribution in [0.4, 0.5) is 10.1 Å². The Labute approximate surface area is 172 Å². The quantitative estimate of drug-likeness (QED) is 0.554. The summed E-state index contributed by atoms with van der Waals surface area (Å²) in [5.74, 6) is 0.879. The predicted molar refractivity (Wildman–Crippen MR) is 110 cm³/mol. The van der Waals surface area contributed by atoms with Gasteiger partial charge in [0.05, 0.1) is 11.5 Å². The number of hydrogen-bond acceptors (Lipinski definition) is 5. The molecule has 1 aromatic carbocycles. The zero-order chi connectivity index (χ0) is 20.2. The maximum absolute atomic E-state index is 13.1. The highest BCUT2D eigenvalue weighted by molar-refractivity contribution is 8.00. The summed E-state index contributed by atoms with van der Waals surface area (Å²) in [5.41, 5.74) is 0.564. The molecule has 0 saturated heterocycles. The molecule has 1 saturated carbocycles. The van der Waals surface area contributed by atoms with Crippen LogP contribution < -0.4 is 5.32 Å². The highest BCUT2D eigenvalue weighted by Crippen LogP contribution is 2.36. The van der Waals surface area contributed by atoms with Gasteiger partial charge in [0.1, 0.15) is 5.82 Å². The van der Waals surface area contributed by atoms with Gasteiger partial charge >= 0.3 is 0 Å². The third kappa shape index (κ3) is 4.53. The summed E-state index contributed by atoms with van der Waals surface area (Å²) in [6.45, 7) is 1.83. The number of benzene rings is 1. The Morgan fingerprint density at radius 1 is 1.21 bits per heavy atom. The molecular formula is C21H23FN4O2S. The molecule has 0 spiro atoms. The Morgan fingerprint density at radius 2 is 1.97 bits per heavy atom. The van der Waals surface area contributed by atoms with Crippen LogP contribution in [-0.2, 0) is 4.79 Å². The lowest BCUT2D eigenvalue weighted by molar-refractivity contribution is -0.115. The van der Waals surface area contributed by atoms with E-state index in [0.29, 0.717) is 28.5 Å². The van der Waals surface area contributed by atoms with E-state index in [0.717, 1.165) is 12.8 Å². The van der Waals surface area contributed by atoms with Crippen LogP contribution >= 0.6 is 11.8 Å². The Morgan fingerprint density at radius 3 is 2.66 bits per heavy atom. The van der Waals surface area contributed by atoms with Crippen molar-refractivity contribution in [3.05, 3.63) is 48.5 Å². The summed E-state index contributed by atoms with van der Waals surface area (Å²) in [5, 5.41) is 11.9. The topological polar surface area (TPSA) is 73.0 Å². The van der Waals surface area contributed by atoms with E-state index in [4.69, 9.17) is 4.42 Å². The van der Waals surface area contributed by atoms with Crippen LogP contribution in [0.2, 0.25) is 0 Å². The first-order valence-corrected chi connectivity index (χ1v) is 10.7. The number of amides is 1. The second kappa shape index (κ2) is 8.82. The van der Waals surface area contributed by atoms with E-state index in [1.165, 1.54) is 43.2 Å². The van der Waals surface area contributed by atoms with Crippen molar-refractivity contribution in [3.63, 3.8) is 0 Å². The minimum Gasteiger partial charge on any atom is -0.461 e. The Kier molecular flexibility index (Phi) is 5.99. The fourth-order valence-corrected chi connectivity index (χ4v) is 4.51. The molecule has 2 heterocycles. The molecule has 0 aliphatic heterocycles. The van der Waals surface area contributed by atoms with Crippen molar-refractivity contribution in [2.75, 3.05) is 5.32 Å². The number of nitrogens with zero attached hydrogens (tertiary/aromatic N) is 3. The van der Waals surface area contributed by atoms with Crippen LogP contribution in [0.3, 0.4) is 0 Å². The molecule has 1 atom stereocenters. The summed E-state index contributed by atoms with van der Waals surface area (Å²) in [6.07, 6.45) is 7.34. The summed E-state index contributed by atoms with van der Waals surface area (Å²) in [4.78, 5) is 12.6. The molecule has 3 aromatic rings. The number of carbonyl (C=O) groups is 1. The van der Waals surface area contributed by atoms with Crippen LogP contribution in [0, 0.1) is 5.82 Å². The largest absolute Gasteiger partial charge is 0.461 e. The molecule has 1 fully saturated rings. The molecule has 1 N–H and O–H groups in total. The van der Waals surface area contributed by atoms with Gasteiger partial charge in [-0.15, -0.1) is 10.2 Å². The molecule has 0 radical (unpaired) electrons. The average Bonchev–Trinajstić information content (AvgIpc) is 3.40. The highest BCUT2D eigenvalue weighted by atomic mass is 32.2. The minimum atomic E-state index is -0.393. The lowest BCUT2D eigenvalue weighted by Gasteiger charge is -2.25. The van der Waals surface area contributed by atoms with Gasteiger partial charge in [-0.3, -0.25) is 9.36 Å². The van der Waals surface area contributed by atoms with Crippen molar-refractivity contribution in [2.45, 2.75) is 55.5 Å². The van der Waals surface area contributed by atoms with Crippen molar-refractivity contribution in [2.24, 2.45) is 0 Å². The fraction of sp³-hybridized carbons (Fsp3) is 0.381. The molecule has 0 unspecified atom stereocenters. The van der Waals surface area contributed by atoms with Gasteiger partial charge in [0.2, 0.25) is 11.7 Å². The van der Waals surface area contributed by atoms with E-state index in [2.05, 4.69) is 20.1 Å². The van der Waals surface area contributed by atoms with E-state index in [-0.39, 0.29) is 11.7 Å². The first-order chi connectivity index (χ1) is 14.1. The van der Waals surface area contributed by atoms with Crippen LogP contribution in [0.1, 0.15) is 45.1 Å². The Hall–Kier alpha value is -2.61. The van der Waals surface area contributed by atoms with Crippen molar-refractivity contribution in [1.82, 2.24) is 14.8 Å². The third-order valence-corrected chi connectivity index (χ3v) is 6.17. The lowest BCUT2D eigenvalue weighted by atomic mass is 9.95. The van der Waals surface area contributed by atoms with Crippen molar-refractivity contribution >= 4 is 23.4 Å². The third-order valence-electron chi connectivity index (χ3n) is 5.11. The summed E-state index contributed by atoms with van der Waals surface area (Å²) in [6, 6.07) is 9.75. The number of rotatable bonds is 6. The summed E-state index contributed by atoms with van der Waals surface area (Å²) in [7, 11) is 0. The Bertz CT molecular complexity index is 950. The lowest BCUT2D eigenvalue weighted by Crippen LogP contribution is -2.23. The first-order valence-electron chi connectivity index (χ1n) is 9.83. The smallest absolute Gasteiger partial charge is 0.237 e. The maximum atomic E-state index is 13.1. The van der Waals surface area contributed by atoms with E-state index >= 15 is 0 Å². The van der Waals surface area contributed by atoms with Crippen molar-refractivity contribution in [3.8, 4) is 11.6 Å². The molecule has 8 heteroatoms. The normalized spacial score (nSPS) is 15.9. The van der Waals surface area contributed by atoms with Gasteiger partial charge in [0, 0.05) is 11.7 Å². The van der Waals surface area contributed by atoms with Gasteiger partial charge < -0.3 is 9.73 Å². The van der Waals surface area contributed by atoms with Gasteiger partial charge in [0.25, 0.3) is 0 Å². The van der Waals surface area contributed by atoms with Gasteiger partial charge in [-0.05, 0) is 56.2 Å². The van der Waals surface area contributed by atoms with E-state index < -0.39 is 5.25 Å². The van der Waals surface area contributed by atoms with Gasteiger partial charge in [0.15, 0.2) is 10.9 Å². The molecule has 152 valence electrons. The number of aromatic nitrogens is 3. The van der Waals surface area contributed by atoms with Crippen LogP contribution in [0.5, 0.6) is 0 Å². The van der Waals surface area contributed by atoms with Crippen LogP contribution in [-0.4, -0.2) is 25.9 Å². The van der Waals surface area contributed by atoms with Crippen LogP contribution in [0.25, 0.3) is 11.6 Å². The van der Waals surface area contributed by atoms with E-state index in [1.807, 2.05) is 19.1 Å². The van der Waals surface area contributed by atoms with Crippen molar-refractivity contribution < 1.29 is 13.6 Å². The molecule has 4 rings (SSSR count). The standard InChI is InChI=1S/C21H23FN4O2S/c1-14(20(27)23-16-11-9-15(22)10-12-16)29-21-25-24-19(18-8-5-13-28-18)26(21)17-6-3-2-4-7-17/h5,8-14,17H,2-4,6-7H2,1H3,(H,23,27)/t14-/m0/s1. The molecule has 29 heavy (non-hydrogen) atoms. The summed E-state index contributed by atoms with van der Waals surface area (Å²) < 4.78 is 20.8. The fourth-order valence-electron chi connectivity index (χ4n) is 3.59.